The summed E-state index contributed by atoms with van der Waals surface area (Å²) < 4.78 is 22.1. The Morgan fingerprint density at radius 1 is 0.938 bits per heavy atom. The summed E-state index contributed by atoms with van der Waals surface area (Å²) >= 11 is 0. The molecule has 1 aliphatic carbocycles. The molecule has 0 spiro atoms. The van der Waals surface area contributed by atoms with Gasteiger partial charge in [0.05, 0.1) is 0 Å². The molecule has 0 aromatic carbocycles. The Balaban J connectivity index is 2.71. The van der Waals surface area contributed by atoms with E-state index in [0.29, 0.717) is 0 Å². The van der Waals surface area contributed by atoms with Gasteiger partial charge in [0.2, 0.25) is 0 Å². The van der Waals surface area contributed by atoms with E-state index in [4.69, 9.17) is 19.6 Å². The Kier molecular flexibility index (Phi) is 4.76. The lowest BCUT2D eigenvalue weighted by atomic mass is 9.87. The van der Waals surface area contributed by atoms with Crippen LogP contribution in [0.5, 0.6) is 0 Å². The maximum atomic E-state index is 11.1. The van der Waals surface area contributed by atoms with E-state index in [1.54, 1.807) is 0 Å². The van der Waals surface area contributed by atoms with Crippen molar-refractivity contribution in [1.82, 2.24) is 0 Å². The van der Waals surface area contributed by atoms with Gasteiger partial charge in [-0.3, -0.25) is 9.13 Å². The normalized spacial score (nSPS) is 20.3. The van der Waals surface area contributed by atoms with Gasteiger partial charge in [-0.25, -0.2) is 0 Å². The van der Waals surface area contributed by atoms with Gasteiger partial charge in [-0.15, -0.1) is 0 Å². The van der Waals surface area contributed by atoms with Crippen molar-refractivity contribution in [2.75, 3.05) is 0 Å². The summed E-state index contributed by atoms with van der Waals surface area (Å²) in [6, 6.07) is 0. The molecular weight excluding hydrogens is 254 g/mol. The van der Waals surface area contributed by atoms with Crippen molar-refractivity contribution in [1.29, 1.82) is 0 Å². The first-order valence-corrected chi connectivity index (χ1v) is 8.68. The van der Waals surface area contributed by atoms with E-state index in [9.17, 15) is 9.13 Å². The van der Waals surface area contributed by atoms with Crippen molar-refractivity contribution in [3.8, 4) is 0 Å². The summed E-state index contributed by atoms with van der Waals surface area (Å²) in [6.45, 7) is 0. The lowest BCUT2D eigenvalue weighted by Gasteiger charge is -2.27. The molecule has 0 radical (unpaired) electrons. The first-order valence-electron chi connectivity index (χ1n) is 5.31. The van der Waals surface area contributed by atoms with Gasteiger partial charge in [0, 0.05) is 0 Å². The van der Waals surface area contributed by atoms with Crippen molar-refractivity contribution in [2.45, 2.75) is 43.9 Å². The molecule has 4 N–H and O–H groups in total. The Bertz CT molecular complexity index is 290. The molecule has 1 fully saturated rings. The van der Waals surface area contributed by atoms with Crippen LogP contribution in [0.3, 0.4) is 0 Å². The van der Waals surface area contributed by atoms with Gasteiger partial charge in [-0.2, -0.15) is 0 Å². The molecule has 0 amide bonds. The zero-order valence-corrected chi connectivity index (χ0v) is 10.7. The molecule has 0 aromatic rings. The second-order valence-corrected chi connectivity index (χ2v) is 8.41. The minimum absolute atomic E-state index is 0.0269. The van der Waals surface area contributed by atoms with Crippen molar-refractivity contribution in [3.63, 3.8) is 0 Å². The molecule has 0 heterocycles. The first kappa shape index (κ1) is 14.4. The van der Waals surface area contributed by atoms with Gasteiger partial charge in [0.15, 0.2) is 5.40 Å². The molecule has 6 nitrogen and oxygen atoms in total. The molecule has 0 aliphatic heterocycles. The van der Waals surface area contributed by atoms with E-state index in [0.717, 1.165) is 32.1 Å². The van der Waals surface area contributed by atoms with Crippen LogP contribution in [0, 0.1) is 5.92 Å². The minimum Gasteiger partial charge on any atom is -0.324 e. The van der Waals surface area contributed by atoms with Crippen LogP contribution in [-0.2, 0) is 9.13 Å². The van der Waals surface area contributed by atoms with E-state index in [2.05, 4.69) is 0 Å². The van der Waals surface area contributed by atoms with Gasteiger partial charge in [0.25, 0.3) is 0 Å². The molecule has 1 rings (SSSR count). The smallest absolute Gasteiger partial charge is 0.324 e. The lowest BCUT2D eigenvalue weighted by molar-refractivity contribution is 0.298. The first-order chi connectivity index (χ1) is 7.21. The summed E-state index contributed by atoms with van der Waals surface area (Å²) in [7, 11) is -9.45. The van der Waals surface area contributed by atoms with Gasteiger partial charge in [0.1, 0.15) is 0 Å². The van der Waals surface area contributed by atoms with Crippen molar-refractivity contribution in [2.24, 2.45) is 5.92 Å². The SMILES string of the molecule is O=P(O)(O)C(CC1CCCCC1)P(=O)(O)O. The standard InChI is InChI=1S/C8H18O6P2/c9-15(10,11)8(16(12,13)14)6-7-4-2-1-3-5-7/h7-8H,1-6H2,(H2,9,10,11)(H2,12,13,14). The van der Waals surface area contributed by atoms with Crippen LogP contribution < -0.4 is 0 Å². The second-order valence-electron chi connectivity index (χ2n) is 4.40. The fraction of sp³-hybridized carbons (Fsp3) is 1.00. The van der Waals surface area contributed by atoms with E-state index < -0.39 is 20.6 Å². The molecule has 8 heteroatoms. The fourth-order valence-electron chi connectivity index (χ4n) is 2.19. The van der Waals surface area contributed by atoms with Crippen LogP contribution in [-0.4, -0.2) is 25.0 Å². The van der Waals surface area contributed by atoms with Gasteiger partial charge >= 0.3 is 15.2 Å². The summed E-state index contributed by atoms with van der Waals surface area (Å²) in [5.74, 6) is 0.0269. The summed E-state index contributed by atoms with van der Waals surface area (Å²) in [4.78, 5) is 35.9. The topological polar surface area (TPSA) is 115 Å². The van der Waals surface area contributed by atoms with E-state index in [1.165, 1.54) is 0 Å². The summed E-state index contributed by atoms with van der Waals surface area (Å²) in [5.41, 5.74) is 0. The molecule has 0 unspecified atom stereocenters. The highest BCUT2D eigenvalue weighted by molar-refractivity contribution is 7.70. The van der Waals surface area contributed by atoms with E-state index in [1.807, 2.05) is 0 Å². The van der Waals surface area contributed by atoms with Gasteiger partial charge in [-0.05, 0) is 12.3 Å². The van der Waals surface area contributed by atoms with Crippen LogP contribution in [0.2, 0.25) is 0 Å². The molecule has 96 valence electrons. The Morgan fingerprint density at radius 3 is 1.75 bits per heavy atom. The fourth-order valence-corrected chi connectivity index (χ4v) is 4.90. The molecule has 0 bridgehead atoms. The van der Waals surface area contributed by atoms with Crippen molar-refractivity contribution in [3.05, 3.63) is 0 Å². The van der Waals surface area contributed by atoms with Crippen molar-refractivity contribution >= 4 is 15.2 Å². The van der Waals surface area contributed by atoms with Crippen LogP contribution >= 0.6 is 15.2 Å². The van der Waals surface area contributed by atoms with Crippen LogP contribution in [0.15, 0.2) is 0 Å². The molecule has 0 atom stereocenters. The highest BCUT2D eigenvalue weighted by atomic mass is 31.2. The average Bonchev–Trinajstić information content (AvgIpc) is 2.12. The Labute approximate surface area is 94.4 Å². The van der Waals surface area contributed by atoms with E-state index >= 15 is 0 Å². The maximum absolute atomic E-state index is 11.1. The predicted molar refractivity (Wildman–Crippen MR) is 59.1 cm³/mol. The molecular formula is C8H18O6P2. The van der Waals surface area contributed by atoms with Crippen molar-refractivity contribution < 1.29 is 28.7 Å². The lowest BCUT2D eigenvalue weighted by Crippen LogP contribution is -2.17. The molecule has 0 aromatic heterocycles. The van der Waals surface area contributed by atoms with Crippen LogP contribution in [0.1, 0.15) is 38.5 Å². The summed E-state index contributed by atoms with van der Waals surface area (Å²) in [6.07, 6.45) is 4.56. The molecule has 16 heavy (non-hydrogen) atoms. The van der Waals surface area contributed by atoms with E-state index in [-0.39, 0.29) is 12.3 Å². The van der Waals surface area contributed by atoms with Crippen LogP contribution in [0.25, 0.3) is 0 Å². The third-order valence-electron chi connectivity index (χ3n) is 3.05. The average molecular weight is 272 g/mol. The maximum Gasteiger partial charge on any atom is 0.340 e. The highest BCUT2D eigenvalue weighted by Crippen LogP contribution is 2.62. The molecule has 0 saturated heterocycles. The third kappa shape index (κ3) is 4.28. The van der Waals surface area contributed by atoms with Gasteiger partial charge in [-0.1, -0.05) is 32.1 Å². The molecule has 1 saturated carbocycles. The quantitative estimate of drug-likeness (QED) is 0.578. The third-order valence-corrected chi connectivity index (χ3v) is 6.83. The molecule has 1 aliphatic rings. The van der Waals surface area contributed by atoms with Crippen LogP contribution in [0.4, 0.5) is 0 Å². The number of hydrogen-bond acceptors (Lipinski definition) is 2. The Hall–Kier alpha value is 0.300. The number of rotatable bonds is 4. The zero-order chi connectivity index (χ0) is 12.4. The Morgan fingerprint density at radius 2 is 1.38 bits per heavy atom. The predicted octanol–water partition coefficient (Wildman–Crippen LogP) is 1.64. The second kappa shape index (κ2) is 5.30. The summed E-state index contributed by atoms with van der Waals surface area (Å²) in [5, 5.41) is -1.82. The monoisotopic (exact) mass is 272 g/mol. The van der Waals surface area contributed by atoms with Gasteiger partial charge < -0.3 is 19.6 Å². The number of hydrogen-bond donors (Lipinski definition) is 4. The largest absolute Gasteiger partial charge is 0.340 e. The minimum atomic E-state index is -4.73. The highest BCUT2D eigenvalue weighted by Gasteiger charge is 2.44. The zero-order valence-electron chi connectivity index (χ0n) is 8.90.